The summed E-state index contributed by atoms with van der Waals surface area (Å²) in [5.74, 6) is 2.11. The van der Waals surface area contributed by atoms with Crippen molar-refractivity contribution in [2.45, 2.75) is 19.4 Å². The summed E-state index contributed by atoms with van der Waals surface area (Å²) in [5, 5.41) is 16.3. The van der Waals surface area contributed by atoms with Crippen LogP contribution in [0, 0.1) is 0 Å². The number of nitrogens with one attached hydrogen (secondary N) is 2. The molecule has 0 amide bonds. The summed E-state index contributed by atoms with van der Waals surface area (Å²) in [7, 11) is 0. The maximum Gasteiger partial charge on any atom is 0.191 e. The van der Waals surface area contributed by atoms with Crippen LogP contribution in [0.25, 0.3) is 0 Å². The van der Waals surface area contributed by atoms with Gasteiger partial charge < -0.3 is 24.6 Å². The van der Waals surface area contributed by atoms with Gasteiger partial charge in [0.05, 0.1) is 19.1 Å². The number of guanidine groups is 1. The van der Waals surface area contributed by atoms with Gasteiger partial charge >= 0.3 is 0 Å². The molecule has 2 heterocycles. The van der Waals surface area contributed by atoms with Crippen LogP contribution in [0.15, 0.2) is 50.6 Å². The van der Waals surface area contributed by atoms with Crippen molar-refractivity contribution in [1.82, 2.24) is 10.6 Å². The molecule has 0 saturated carbocycles. The van der Waals surface area contributed by atoms with Crippen LogP contribution >= 0.6 is 24.0 Å². The highest BCUT2D eigenvalue weighted by Gasteiger charge is 2.09. The first-order valence-corrected chi connectivity index (χ1v) is 7.05. The van der Waals surface area contributed by atoms with Crippen molar-refractivity contribution >= 4 is 29.9 Å². The smallest absolute Gasteiger partial charge is 0.191 e. The van der Waals surface area contributed by atoms with Gasteiger partial charge in [0, 0.05) is 19.5 Å². The Labute approximate surface area is 147 Å². The molecule has 3 N–H and O–H groups in total. The molecular formula is C15H22IN3O3. The molecule has 22 heavy (non-hydrogen) atoms. The SMILES string of the molecule is CCNC(=NCC(O)c1ccco1)NCCc1ccco1.I. The average Bonchev–Trinajstić information content (AvgIpc) is 3.17. The standard InChI is InChI=1S/C15H21N3O3.HI/c1-2-16-15(17-8-7-12-5-3-9-20-12)18-11-13(19)14-6-4-10-21-14;/h3-6,9-10,13,19H,2,7-8,11H2,1H3,(H2,16,17,18);1H. The lowest BCUT2D eigenvalue weighted by Gasteiger charge is -2.11. The molecule has 2 aromatic heterocycles. The van der Waals surface area contributed by atoms with E-state index < -0.39 is 6.10 Å². The quantitative estimate of drug-likeness (QED) is 0.365. The van der Waals surface area contributed by atoms with Gasteiger partial charge in [-0.15, -0.1) is 24.0 Å². The Morgan fingerprint density at radius 3 is 2.64 bits per heavy atom. The molecule has 1 unspecified atom stereocenters. The van der Waals surface area contributed by atoms with Gasteiger partial charge in [0.2, 0.25) is 0 Å². The lowest BCUT2D eigenvalue weighted by molar-refractivity contribution is 0.158. The van der Waals surface area contributed by atoms with E-state index in [9.17, 15) is 5.11 Å². The third kappa shape index (κ3) is 6.10. The number of nitrogens with zero attached hydrogens (tertiary/aromatic N) is 1. The van der Waals surface area contributed by atoms with E-state index in [0.29, 0.717) is 18.3 Å². The molecule has 2 rings (SSSR count). The Bertz CT molecular complexity index is 526. The Morgan fingerprint density at radius 2 is 2.00 bits per heavy atom. The Kier molecular flexibility index (Phi) is 8.68. The molecule has 0 fully saturated rings. The lowest BCUT2D eigenvalue weighted by atomic mass is 10.3. The summed E-state index contributed by atoms with van der Waals surface area (Å²) < 4.78 is 10.4. The van der Waals surface area contributed by atoms with E-state index in [1.54, 1.807) is 18.4 Å². The minimum atomic E-state index is -0.736. The predicted molar refractivity (Wildman–Crippen MR) is 95.5 cm³/mol. The summed E-state index contributed by atoms with van der Waals surface area (Å²) in [6, 6.07) is 7.28. The number of aliphatic hydroxyl groups excluding tert-OH is 1. The Morgan fingerprint density at radius 1 is 1.23 bits per heavy atom. The van der Waals surface area contributed by atoms with Crippen LogP contribution in [0.4, 0.5) is 0 Å². The fraction of sp³-hybridized carbons (Fsp3) is 0.400. The van der Waals surface area contributed by atoms with Gasteiger partial charge in [-0.1, -0.05) is 0 Å². The van der Waals surface area contributed by atoms with E-state index in [4.69, 9.17) is 8.83 Å². The number of aliphatic hydroxyl groups is 1. The highest BCUT2D eigenvalue weighted by molar-refractivity contribution is 14.0. The number of furan rings is 2. The van der Waals surface area contributed by atoms with Crippen molar-refractivity contribution in [3.8, 4) is 0 Å². The number of hydrogen-bond donors (Lipinski definition) is 3. The normalized spacial score (nSPS) is 12.5. The minimum absolute atomic E-state index is 0. The van der Waals surface area contributed by atoms with Crippen molar-refractivity contribution in [1.29, 1.82) is 0 Å². The van der Waals surface area contributed by atoms with Crippen LogP contribution in [0.2, 0.25) is 0 Å². The fourth-order valence-electron chi connectivity index (χ4n) is 1.85. The molecular weight excluding hydrogens is 397 g/mol. The van der Waals surface area contributed by atoms with Crippen molar-refractivity contribution < 1.29 is 13.9 Å². The van der Waals surface area contributed by atoms with Gasteiger partial charge in [-0.3, -0.25) is 4.99 Å². The maximum absolute atomic E-state index is 9.93. The molecule has 0 aromatic carbocycles. The second kappa shape index (κ2) is 10.3. The third-order valence-corrected chi connectivity index (χ3v) is 2.88. The molecule has 0 aliphatic heterocycles. The average molecular weight is 419 g/mol. The maximum atomic E-state index is 9.93. The minimum Gasteiger partial charge on any atom is -0.469 e. The molecule has 0 bridgehead atoms. The number of rotatable bonds is 7. The Balaban J connectivity index is 0.00000242. The first-order valence-electron chi connectivity index (χ1n) is 7.05. The highest BCUT2D eigenvalue weighted by atomic mass is 127. The molecule has 0 spiro atoms. The van der Waals surface area contributed by atoms with Crippen LogP contribution in [0.5, 0.6) is 0 Å². The zero-order chi connectivity index (χ0) is 14.9. The number of aliphatic imine (C=N–C) groups is 1. The van der Waals surface area contributed by atoms with Crippen LogP contribution in [-0.2, 0) is 6.42 Å². The topological polar surface area (TPSA) is 82.9 Å². The number of halogens is 1. The molecule has 122 valence electrons. The van der Waals surface area contributed by atoms with E-state index in [2.05, 4.69) is 15.6 Å². The summed E-state index contributed by atoms with van der Waals surface area (Å²) in [6.07, 6.45) is 3.24. The van der Waals surface area contributed by atoms with Crippen LogP contribution < -0.4 is 10.6 Å². The van der Waals surface area contributed by atoms with Gasteiger partial charge in [0.15, 0.2) is 5.96 Å². The summed E-state index contributed by atoms with van der Waals surface area (Å²) in [6.45, 7) is 3.69. The summed E-state index contributed by atoms with van der Waals surface area (Å²) in [4.78, 5) is 4.34. The van der Waals surface area contributed by atoms with Gasteiger partial charge in [-0.2, -0.15) is 0 Å². The van der Waals surface area contributed by atoms with Gasteiger partial charge in [0.25, 0.3) is 0 Å². The first kappa shape index (κ1) is 18.6. The lowest BCUT2D eigenvalue weighted by Crippen LogP contribution is -2.38. The van der Waals surface area contributed by atoms with E-state index in [0.717, 1.165) is 18.7 Å². The molecule has 6 nitrogen and oxygen atoms in total. The van der Waals surface area contributed by atoms with Crippen LogP contribution in [0.1, 0.15) is 24.5 Å². The van der Waals surface area contributed by atoms with Crippen molar-refractivity contribution in [2.24, 2.45) is 4.99 Å². The zero-order valence-corrected chi connectivity index (χ0v) is 14.8. The van der Waals surface area contributed by atoms with E-state index in [-0.39, 0.29) is 30.5 Å². The molecule has 0 saturated heterocycles. The molecule has 0 radical (unpaired) electrons. The van der Waals surface area contributed by atoms with Crippen molar-refractivity contribution in [2.75, 3.05) is 19.6 Å². The second-order valence-corrected chi connectivity index (χ2v) is 4.51. The first-order chi connectivity index (χ1) is 10.3. The predicted octanol–water partition coefficient (Wildman–Crippen LogP) is 2.32. The second-order valence-electron chi connectivity index (χ2n) is 4.51. The van der Waals surface area contributed by atoms with E-state index in [1.807, 2.05) is 19.1 Å². The Hall–Kier alpha value is -1.48. The molecule has 7 heteroatoms. The largest absolute Gasteiger partial charge is 0.469 e. The van der Waals surface area contributed by atoms with Gasteiger partial charge in [-0.25, -0.2) is 0 Å². The molecule has 1 atom stereocenters. The van der Waals surface area contributed by atoms with Crippen molar-refractivity contribution in [3.63, 3.8) is 0 Å². The van der Waals surface area contributed by atoms with Gasteiger partial charge in [0.1, 0.15) is 17.6 Å². The summed E-state index contributed by atoms with van der Waals surface area (Å²) in [5.41, 5.74) is 0. The molecule has 0 aliphatic carbocycles. The molecule has 0 aliphatic rings. The van der Waals surface area contributed by atoms with Crippen molar-refractivity contribution in [3.05, 3.63) is 48.3 Å². The fourth-order valence-corrected chi connectivity index (χ4v) is 1.85. The monoisotopic (exact) mass is 419 g/mol. The van der Waals surface area contributed by atoms with Crippen LogP contribution in [0.3, 0.4) is 0 Å². The van der Waals surface area contributed by atoms with Gasteiger partial charge in [-0.05, 0) is 31.2 Å². The molecule has 2 aromatic rings. The van der Waals surface area contributed by atoms with E-state index >= 15 is 0 Å². The summed E-state index contributed by atoms with van der Waals surface area (Å²) >= 11 is 0. The van der Waals surface area contributed by atoms with Crippen LogP contribution in [-0.4, -0.2) is 30.7 Å². The highest BCUT2D eigenvalue weighted by Crippen LogP contribution is 2.12. The van der Waals surface area contributed by atoms with E-state index in [1.165, 1.54) is 6.26 Å². The third-order valence-electron chi connectivity index (χ3n) is 2.88. The zero-order valence-electron chi connectivity index (χ0n) is 12.5. The number of hydrogen-bond acceptors (Lipinski definition) is 4.